The van der Waals surface area contributed by atoms with E-state index in [9.17, 15) is 14.4 Å². The molecule has 0 bridgehead atoms. The number of amides is 1. The molecule has 2 fully saturated rings. The summed E-state index contributed by atoms with van der Waals surface area (Å²) in [5, 5.41) is -0.0726. The summed E-state index contributed by atoms with van der Waals surface area (Å²) >= 11 is 4.83. The third-order valence-electron chi connectivity index (χ3n) is 3.14. The molecule has 0 aromatic heterocycles. The van der Waals surface area contributed by atoms with Crippen LogP contribution in [0, 0.1) is 0 Å². The van der Waals surface area contributed by atoms with E-state index in [2.05, 4.69) is 25.4 Å². The SMILES string of the molecule is COC(=O)OCOC(=O)[C@@H]1N2C(=O)[C@H](Br)[C@H]2SC1(C)C. The third kappa shape index (κ3) is 2.48. The quantitative estimate of drug-likeness (QED) is 0.319. The van der Waals surface area contributed by atoms with Crippen molar-refractivity contribution in [1.82, 2.24) is 4.90 Å². The molecule has 0 radical (unpaired) electrons. The molecule has 112 valence electrons. The van der Waals surface area contributed by atoms with Crippen molar-refractivity contribution >= 4 is 45.7 Å². The van der Waals surface area contributed by atoms with E-state index in [0.29, 0.717) is 0 Å². The van der Waals surface area contributed by atoms with Crippen molar-refractivity contribution in [2.45, 2.75) is 34.8 Å². The van der Waals surface area contributed by atoms with Crippen LogP contribution in [0.4, 0.5) is 4.79 Å². The van der Waals surface area contributed by atoms with Crippen molar-refractivity contribution in [2.24, 2.45) is 0 Å². The molecule has 3 atom stereocenters. The smallest absolute Gasteiger partial charge is 0.438 e. The summed E-state index contributed by atoms with van der Waals surface area (Å²) in [7, 11) is 1.15. The molecule has 1 amide bonds. The summed E-state index contributed by atoms with van der Waals surface area (Å²) in [4.78, 5) is 35.9. The van der Waals surface area contributed by atoms with Crippen LogP contribution in [0.1, 0.15) is 13.8 Å². The Labute approximate surface area is 128 Å². The van der Waals surface area contributed by atoms with Gasteiger partial charge in [-0.3, -0.25) is 4.79 Å². The van der Waals surface area contributed by atoms with Gasteiger partial charge in [0.2, 0.25) is 12.7 Å². The van der Waals surface area contributed by atoms with E-state index in [1.165, 1.54) is 16.7 Å². The van der Waals surface area contributed by atoms with Gasteiger partial charge in [0.05, 0.1) is 7.11 Å². The number of hydrogen-bond acceptors (Lipinski definition) is 7. The van der Waals surface area contributed by atoms with Gasteiger partial charge in [-0.05, 0) is 13.8 Å². The van der Waals surface area contributed by atoms with E-state index in [0.717, 1.165) is 7.11 Å². The molecule has 0 unspecified atom stereocenters. The Bertz CT molecular complexity index is 456. The number of carbonyl (C=O) groups is 3. The van der Waals surface area contributed by atoms with Gasteiger partial charge < -0.3 is 19.1 Å². The maximum atomic E-state index is 12.1. The van der Waals surface area contributed by atoms with Crippen LogP contribution in [-0.2, 0) is 23.8 Å². The van der Waals surface area contributed by atoms with Crippen molar-refractivity contribution in [3.05, 3.63) is 0 Å². The number of carbonyl (C=O) groups excluding carboxylic acids is 3. The largest absolute Gasteiger partial charge is 0.510 e. The Morgan fingerprint density at radius 1 is 1.40 bits per heavy atom. The molecule has 7 nitrogen and oxygen atoms in total. The zero-order chi connectivity index (χ0) is 15.1. The predicted octanol–water partition coefficient (Wildman–Crippen LogP) is 1.10. The number of hydrogen-bond donors (Lipinski definition) is 0. The molecule has 2 heterocycles. The highest BCUT2D eigenvalue weighted by molar-refractivity contribution is 9.10. The summed E-state index contributed by atoms with van der Waals surface area (Å²) in [6, 6.07) is -0.694. The highest BCUT2D eigenvalue weighted by Gasteiger charge is 2.63. The van der Waals surface area contributed by atoms with Crippen molar-refractivity contribution in [3.63, 3.8) is 0 Å². The number of esters is 1. The van der Waals surface area contributed by atoms with Crippen LogP contribution >= 0.6 is 27.7 Å². The molecular formula is C11H14BrNO6S. The second kappa shape index (κ2) is 5.44. The van der Waals surface area contributed by atoms with Crippen LogP contribution in [0.2, 0.25) is 0 Å². The average Bonchev–Trinajstić information content (AvgIpc) is 2.66. The molecule has 0 N–H and O–H groups in total. The first kappa shape index (κ1) is 15.4. The van der Waals surface area contributed by atoms with Gasteiger partial charge in [0.1, 0.15) is 16.2 Å². The summed E-state index contributed by atoms with van der Waals surface area (Å²) < 4.78 is 13.2. The second-order valence-electron chi connectivity index (χ2n) is 4.84. The lowest BCUT2D eigenvalue weighted by Gasteiger charge is -2.41. The zero-order valence-electron chi connectivity index (χ0n) is 11.1. The molecule has 2 aliphatic heterocycles. The topological polar surface area (TPSA) is 82.1 Å². The van der Waals surface area contributed by atoms with E-state index >= 15 is 0 Å². The fourth-order valence-corrected chi connectivity index (χ4v) is 4.57. The Balaban J connectivity index is 1.98. The maximum Gasteiger partial charge on any atom is 0.510 e. The molecule has 2 aliphatic rings. The number of ether oxygens (including phenoxy) is 3. The first-order chi connectivity index (χ1) is 9.29. The lowest BCUT2D eigenvalue weighted by atomic mass is 9.98. The minimum absolute atomic E-state index is 0.0726. The molecule has 20 heavy (non-hydrogen) atoms. The Kier molecular flexibility index (Phi) is 4.19. The monoisotopic (exact) mass is 367 g/mol. The number of fused-ring (bicyclic) bond motifs is 1. The first-order valence-electron chi connectivity index (χ1n) is 5.81. The fraction of sp³-hybridized carbons (Fsp3) is 0.727. The highest BCUT2D eigenvalue weighted by atomic mass is 79.9. The van der Waals surface area contributed by atoms with E-state index < -0.39 is 29.7 Å². The number of nitrogens with zero attached hydrogens (tertiary/aromatic N) is 1. The van der Waals surface area contributed by atoms with Gasteiger partial charge in [-0.2, -0.15) is 0 Å². The number of halogens is 1. The summed E-state index contributed by atoms with van der Waals surface area (Å²) in [6.45, 7) is 3.21. The van der Waals surface area contributed by atoms with Gasteiger partial charge in [-0.25, -0.2) is 9.59 Å². The van der Waals surface area contributed by atoms with Gasteiger partial charge in [0, 0.05) is 4.75 Å². The molecule has 2 rings (SSSR count). The number of thioether (sulfide) groups is 1. The van der Waals surface area contributed by atoms with Gasteiger partial charge in [0.15, 0.2) is 0 Å². The van der Waals surface area contributed by atoms with Gasteiger partial charge in [-0.15, -0.1) is 11.8 Å². The lowest BCUT2D eigenvalue weighted by Crippen LogP contribution is -2.63. The van der Waals surface area contributed by atoms with Crippen LogP contribution < -0.4 is 0 Å². The van der Waals surface area contributed by atoms with E-state index in [-0.39, 0.29) is 16.1 Å². The summed E-state index contributed by atoms with van der Waals surface area (Å²) in [6.07, 6.45) is -0.934. The van der Waals surface area contributed by atoms with Crippen LogP contribution in [0.15, 0.2) is 0 Å². The van der Waals surface area contributed by atoms with Crippen molar-refractivity contribution in [1.29, 1.82) is 0 Å². The molecular weight excluding hydrogens is 354 g/mol. The molecule has 9 heteroatoms. The fourth-order valence-electron chi connectivity index (χ4n) is 2.22. The van der Waals surface area contributed by atoms with Crippen LogP contribution in [0.25, 0.3) is 0 Å². The molecule has 0 saturated carbocycles. The zero-order valence-corrected chi connectivity index (χ0v) is 13.5. The van der Waals surface area contributed by atoms with E-state index in [1.54, 1.807) is 0 Å². The first-order valence-corrected chi connectivity index (χ1v) is 7.60. The minimum atomic E-state index is -0.934. The van der Waals surface area contributed by atoms with Gasteiger partial charge >= 0.3 is 12.1 Å². The van der Waals surface area contributed by atoms with Crippen molar-refractivity contribution in [3.8, 4) is 0 Å². The van der Waals surface area contributed by atoms with Crippen LogP contribution in [0.5, 0.6) is 0 Å². The standard InChI is InChI=1S/C11H14BrNO6S/c1-11(2)6(9(15)18-4-19-10(16)17-3)13-7(14)5(12)8(13)20-11/h5-6,8H,4H2,1-3H3/t5-,6-,8+/m0/s1. The van der Waals surface area contributed by atoms with E-state index in [1.807, 2.05) is 13.8 Å². The van der Waals surface area contributed by atoms with Crippen LogP contribution in [-0.4, -0.2) is 57.8 Å². The van der Waals surface area contributed by atoms with Gasteiger partial charge in [-0.1, -0.05) is 15.9 Å². The second-order valence-corrected chi connectivity index (χ2v) is 7.60. The van der Waals surface area contributed by atoms with Gasteiger partial charge in [0.25, 0.3) is 0 Å². The molecule has 0 aromatic rings. The normalized spacial score (nSPS) is 30.3. The van der Waals surface area contributed by atoms with Crippen LogP contribution in [0.3, 0.4) is 0 Å². The van der Waals surface area contributed by atoms with Crippen molar-refractivity contribution < 1.29 is 28.6 Å². The summed E-state index contributed by atoms with van der Waals surface area (Å²) in [5.41, 5.74) is 0. The molecule has 0 spiro atoms. The Morgan fingerprint density at radius 2 is 2.05 bits per heavy atom. The highest BCUT2D eigenvalue weighted by Crippen LogP contribution is 2.52. The maximum absolute atomic E-state index is 12.1. The number of β-lactam (4-membered cyclic amide) rings is 1. The average molecular weight is 368 g/mol. The number of methoxy groups -OCH3 is 1. The number of rotatable bonds is 3. The molecule has 0 aliphatic carbocycles. The van der Waals surface area contributed by atoms with E-state index in [4.69, 9.17) is 4.74 Å². The molecule has 0 aromatic carbocycles. The predicted molar refractivity (Wildman–Crippen MR) is 73.3 cm³/mol. The lowest BCUT2D eigenvalue weighted by molar-refractivity contribution is -0.167. The molecule has 2 saturated heterocycles. The minimum Gasteiger partial charge on any atom is -0.438 e. The summed E-state index contributed by atoms with van der Waals surface area (Å²) in [5.74, 6) is -0.731. The Morgan fingerprint density at radius 3 is 2.65 bits per heavy atom. The third-order valence-corrected chi connectivity index (χ3v) is 5.96. The van der Waals surface area contributed by atoms with Crippen molar-refractivity contribution in [2.75, 3.05) is 13.9 Å². The Hall–Kier alpha value is -0.960. The number of alkyl halides is 1.